The molecule has 1 fully saturated rings. The lowest BCUT2D eigenvalue weighted by Gasteiger charge is -2.55. The molecule has 6 aliphatic rings. The molecule has 0 unspecified atom stereocenters. The van der Waals surface area contributed by atoms with Crippen LogP contribution in [0.2, 0.25) is 0 Å². The summed E-state index contributed by atoms with van der Waals surface area (Å²) in [5.74, 6) is -0.180. The molecule has 2 aliphatic carbocycles. The summed E-state index contributed by atoms with van der Waals surface area (Å²) in [7, 11) is 0. The molecule has 0 saturated carbocycles. The third-order valence-corrected chi connectivity index (χ3v) is 18.3. The van der Waals surface area contributed by atoms with E-state index in [0.29, 0.717) is 11.1 Å². The van der Waals surface area contributed by atoms with E-state index in [1.165, 1.54) is 22.5 Å². The third kappa shape index (κ3) is 8.82. The molecule has 366 valence electrons. The van der Waals surface area contributed by atoms with Gasteiger partial charge in [-0.2, -0.15) is 0 Å². The van der Waals surface area contributed by atoms with Gasteiger partial charge in [0.15, 0.2) is 5.78 Å². The second-order valence-corrected chi connectivity index (χ2v) is 22.4. The van der Waals surface area contributed by atoms with Crippen LogP contribution in [0.4, 0.5) is 5.69 Å². The largest absolute Gasteiger partial charge is 0.507 e. The van der Waals surface area contributed by atoms with Gasteiger partial charge >= 0.3 is 0 Å². The van der Waals surface area contributed by atoms with Crippen LogP contribution in [0.25, 0.3) is 5.57 Å². The second kappa shape index (κ2) is 21.6. The van der Waals surface area contributed by atoms with Crippen molar-refractivity contribution < 1.29 is 19.8 Å². The van der Waals surface area contributed by atoms with Gasteiger partial charge in [-0.05, 0) is 111 Å². The highest BCUT2D eigenvalue weighted by atomic mass is 16.3. The number of Topliss-reactive ketones (excluding diaryl/α,β-unsaturated/α-hetero) is 2. The number of carbonyl (C=O) groups is 2. The number of aliphatic hydroxyl groups excluding tert-OH is 1. The number of aromatic hydroxyl groups is 1. The maximum absolute atomic E-state index is 15.8. The number of phenolic OH excluding ortho intramolecular Hbond substituents is 1. The average molecular weight is 905 g/mol. The molecule has 0 radical (unpaired) electrons. The zero-order chi connectivity index (χ0) is 47.3. The van der Waals surface area contributed by atoms with Crippen molar-refractivity contribution in [1.82, 2.24) is 4.90 Å². The number of anilines is 1. The molecule has 4 heterocycles. The van der Waals surface area contributed by atoms with Crippen LogP contribution in [0.15, 0.2) is 45.9 Å². The monoisotopic (exact) mass is 905 g/mol. The van der Waals surface area contributed by atoms with Crippen LogP contribution >= 0.6 is 0 Å². The van der Waals surface area contributed by atoms with Crippen LogP contribution in [0.5, 0.6) is 5.75 Å². The molecule has 2 N–H and O–H groups in total. The van der Waals surface area contributed by atoms with Crippen molar-refractivity contribution in [2.75, 3.05) is 31.1 Å². The number of carbonyl (C=O) groups excluding carboxylic acids is 2. The molecule has 1 aromatic rings. The summed E-state index contributed by atoms with van der Waals surface area (Å²) in [6.45, 7) is 22.2. The highest BCUT2D eigenvalue weighted by Crippen LogP contribution is 2.62. The number of allylic oxidation sites excluding steroid dienone is 6. The molecule has 0 amide bonds. The Morgan fingerprint density at radius 1 is 0.500 bits per heavy atom. The zero-order valence-corrected chi connectivity index (χ0v) is 43.4. The van der Waals surface area contributed by atoms with Gasteiger partial charge in [0.1, 0.15) is 11.5 Å². The topological polar surface area (TPSA) is 81.1 Å². The normalized spacial score (nSPS) is 22.4. The van der Waals surface area contributed by atoms with E-state index in [2.05, 4.69) is 77.3 Å². The number of hydrogen-bond acceptors (Lipinski definition) is 6. The van der Waals surface area contributed by atoms with Gasteiger partial charge in [0, 0.05) is 70.7 Å². The molecule has 4 aliphatic heterocycles. The number of hydrogen-bond donors (Lipinski definition) is 2. The van der Waals surface area contributed by atoms with E-state index in [0.717, 1.165) is 217 Å². The van der Waals surface area contributed by atoms with Crippen LogP contribution in [-0.4, -0.2) is 52.9 Å². The molecule has 6 nitrogen and oxygen atoms in total. The molecule has 0 spiro atoms. The van der Waals surface area contributed by atoms with Crippen molar-refractivity contribution in [2.45, 2.75) is 246 Å². The number of benzene rings is 1. The average Bonchev–Trinajstić information content (AvgIpc) is 3.33. The predicted molar refractivity (Wildman–Crippen MR) is 276 cm³/mol. The lowest BCUT2D eigenvalue weighted by molar-refractivity contribution is -0.115. The van der Waals surface area contributed by atoms with E-state index < -0.39 is 0 Å². The van der Waals surface area contributed by atoms with Gasteiger partial charge in [0.25, 0.3) is 0 Å². The number of nitrogens with zero attached hydrogens (tertiary/aromatic N) is 2. The number of unbranched alkanes of at least 4 members (excludes halogenated alkanes) is 8. The maximum Gasteiger partial charge on any atom is 0.202 e. The minimum absolute atomic E-state index is 0.0296. The number of phenols is 1. The third-order valence-electron chi connectivity index (χ3n) is 18.3. The van der Waals surface area contributed by atoms with Crippen molar-refractivity contribution in [3.8, 4) is 5.75 Å². The Bertz CT molecular complexity index is 2030. The predicted octanol–water partition coefficient (Wildman–Crippen LogP) is 16.0. The Labute approximate surface area is 402 Å². The first-order chi connectivity index (χ1) is 32.0. The van der Waals surface area contributed by atoms with Crippen molar-refractivity contribution in [3.05, 3.63) is 62.6 Å². The van der Waals surface area contributed by atoms with E-state index in [1.807, 2.05) is 0 Å². The smallest absolute Gasteiger partial charge is 0.202 e. The molecule has 6 heteroatoms. The van der Waals surface area contributed by atoms with Gasteiger partial charge in [-0.1, -0.05) is 158 Å². The van der Waals surface area contributed by atoms with Gasteiger partial charge in [0.05, 0.1) is 11.1 Å². The van der Waals surface area contributed by atoms with Gasteiger partial charge in [-0.25, -0.2) is 0 Å². The standard InChI is InChI=1S/C60H92N2O4/c1-9-17-25-57(26-18-10-2)33-37-61-39-35-59(29-21-13-5,30-22-14-6)49-51(61)45(57)41-43(53(49)63)47-55(65)48(56(47)66)44-42-46-52-50(54(44)64)60(31-23-15-7,32-24-16-8)36-40-62(52)38-34-58(46,27-19-11-3)28-20-12-4/h41-42,63,65H,9-40H2,1-8H3/b48-44+. The molecular formula is C60H92N2O4. The Kier molecular flexibility index (Phi) is 16.5. The van der Waals surface area contributed by atoms with E-state index in [-0.39, 0.29) is 55.9 Å². The first-order valence-corrected chi connectivity index (χ1v) is 28.1. The highest BCUT2D eigenvalue weighted by molar-refractivity contribution is 6.42. The van der Waals surface area contributed by atoms with Gasteiger partial charge in [-0.15, -0.1) is 0 Å². The Morgan fingerprint density at radius 2 is 0.909 bits per heavy atom. The minimum atomic E-state index is -0.271. The number of aliphatic hydroxyl groups is 1. The summed E-state index contributed by atoms with van der Waals surface area (Å²) >= 11 is 0. The highest BCUT2D eigenvalue weighted by Gasteiger charge is 2.55. The van der Waals surface area contributed by atoms with Crippen LogP contribution in [-0.2, 0) is 20.4 Å². The van der Waals surface area contributed by atoms with Crippen molar-refractivity contribution >= 4 is 22.8 Å². The summed E-state index contributed by atoms with van der Waals surface area (Å²) < 4.78 is 0. The van der Waals surface area contributed by atoms with Crippen LogP contribution in [0.3, 0.4) is 0 Å². The number of ketones is 2. The summed E-state index contributed by atoms with van der Waals surface area (Å²) in [6.07, 6.45) is 32.2. The van der Waals surface area contributed by atoms with E-state index in [4.69, 9.17) is 0 Å². The van der Waals surface area contributed by atoms with Gasteiger partial charge < -0.3 is 20.0 Å². The lowest BCUT2D eigenvalue weighted by atomic mass is 9.57. The zero-order valence-electron chi connectivity index (χ0n) is 43.4. The van der Waals surface area contributed by atoms with Crippen LogP contribution < -0.4 is 4.90 Å². The first kappa shape index (κ1) is 50.6. The molecule has 1 saturated heterocycles. The fraction of sp³-hybridized carbons (Fsp3) is 0.733. The summed E-state index contributed by atoms with van der Waals surface area (Å²) in [5.41, 5.74) is 7.78. The summed E-state index contributed by atoms with van der Waals surface area (Å²) in [4.78, 5) is 36.4. The quantitative estimate of drug-likeness (QED) is 0.0952. The molecule has 0 aromatic heterocycles. The Morgan fingerprint density at radius 3 is 1.39 bits per heavy atom. The molecule has 0 atom stereocenters. The fourth-order valence-corrected chi connectivity index (χ4v) is 14.3. The van der Waals surface area contributed by atoms with Crippen LogP contribution in [0.1, 0.15) is 252 Å². The molecule has 66 heavy (non-hydrogen) atoms. The lowest BCUT2D eigenvalue weighted by Crippen LogP contribution is -2.50. The molecule has 7 rings (SSSR count). The first-order valence-electron chi connectivity index (χ1n) is 28.1. The van der Waals surface area contributed by atoms with Crippen molar-refractivity contribution in [3.63, 3.8) is 0 Å². The Balaban J connectivity index is 1.50. The van der Waals surface area contributed by atoms with E-state index >= 15 is 9.59 Å². The number of piperidine rings is 1. The molecular weight excluding hydrogens is 813 g/mol. The summed E-state index contributed by atoms with van der Waals surface area (Å²) in [6, 6.07) is 2.18. The van der Waals surface area contributed by atoms with E-state index in [9.17, 15) is 10.2 Å². The van der Waals surface area contributed by atoms with E-state index in [1.54, 1.807) is 0 Å². The second-order valence-electron chi connectivity index (χ2n) is 22.4. The minimum Gasteiger partial charge on any atom is -0.507 e. The van der Waals surface area contributed by atoms with Gasteiger partial charge in [-0.3, -0.25) is 9.59 Å². The summed E-state index contributed by atoms with van der Waals surface area (Å²) in [5, 5.41) is 25.8. The Hall–Kier alpha value is -3.28. The molecule has 1 aromatic carbocycles. The maximum atomic E-state index is 15.8. The fourth-order valence-electron chi connectivity index (χ4n) is 14.3. The van der Waals surface area contributed by atoms with Crippen LogP contribution in [0, 0.1) is 10.8 Å². The number of rotatable bonds is 25. The SMILES string of the molecule is CCCCC1(CCCC)CCN2CCC(CCCC)(CCCC)C3=C2C1=C/C(=C1\C(=O)C(c2cc4c5c(c2O)C(CCCC)(CCCC)CCN5CCC4(CCCC)CCCC)=C1O)C3=O. The van der Waals surface area contributed by atoms with Gasteiger partial charge in [0.2, 0.25) is 5.78 Å². The van der Waals surface area contributed by atoms with Crippen molar-refractivity contribution in [2.24, 2.45) is 10.8 Å². The van der Waals surface area contributed by atoms with Crippen molar-refractivity contribution in [1.29, 1.82) is 0 Å². The molecule has 0 bridgehead atoms.